The van der Waals surface area contributed by atoms with Crippen molar-refractivity contribution in [1.82, 2.24) is 10.2 Å². The van der Waals surface area contributed by atoms with Crippen molar-refractivity contribution in [3.63, 3.8) is 0 Å². The number of hydrogen-bond acceptors (Lipinski definition) is 4. The highest BCUT2D eigenvalue weighted by atomic mass is 32.2. The molecule has 0 aliphatic carbocycles. The molecule has 0 aromatic heterocycles. The molecule has 0 radical (unpaired) electrons. The van der Waals surface area contributed by atoms with Crippen molar-refractivity contribution in [2.24, 2.45) is 0 Å². The summed E-state index contributed by atoms with van der Waals surface area (Å²) in [4.78, 5) is 28.1. The van der Waals surface area contributed by atoms with Crippen LogP contribution in [0.5, 0.6) is 0 Å². The Bertz CT molecular complexity index is 1080. The number of rotatable bonds is 11. The first-order valence-electron chi connectivity index (χ1n) is 11.6. The Labute approximate surface area is 204 Å². The summed E-state index contributed by atoms with van der Waals surface area (Å²) >= 11 is 0. The van der Waals surface area contributed by atoms with Gasteiger partial charge in [-0.25, -0.2) is 8.42 Å². The minimum atomic E-state index is -3.74. The summed E-state index contributed by atoms with van der Waals surface area (Å²) in [6.45, 7) is 9.21. The summed E-state index contributed by atoms with van der Waals surface area (Å²) in [6, 6.07) is 14.4. The molecule has 0 saturated heterocycles. The highest BCUT2D eigenvalue weighted by Gasteiger charge is 2.32. The Hall–Kier alpha value is -2.87. The first-order valence-corrected chi connectivity index (χ1v) is 13.5. The molecule has 7 nitrogen and oxygen atoms in total. The van der Waals surface area contributed by atoms with E-state index in [1.165, 1.54) is 4.90 Å². The molecule has 0 bridgehead atoms. The van der Waals surface area contributed by atoms with Gasteiger partial charge in [-0.1, -0.05) is 49.4 Å². The van der Waals surface area contributed by atoms with E-state index >= 15 is 0 Å². The summed E-state index contributed by atoms with van der Waals surface area (Å²) in [5, 5.41) is 2.89. The maximum Gasteiger partial charge on any atom is 0.244 e. The Morgan fingerprint density at radius 2 is 1.68 bits per heavy atom. The van der Waals surface area contributed by atoms with Gasteiger partial charge in [-0.05, 0) is 63.3 Å². The van der Waals surface area contributed by atoms with Crippen LogP contribution in [0.2, 0.25) is 0 Å². The minimum Gasteiger partial charge on any atom is -0.352 e. The van der Waals surface area contributed by atoms with Crippen molar-refractivity contribution in [2.75, 3.05) is 23.7 Å². The molecular formula is C26H37N3O4S. The zero-order chi connectivity index (χ0) is 25.5. The molecule has 0 spiro atoms. The van der Waals surface area contributed by atoms with Gasteiger partial charge >= 0.3 is 0 Å². The summed E-state index contributed by atoms with van der Waals surface area (Å²) in [5.41, 5.74) is 3.15. The number of amides is 2. The van der Waals surface area contributed by atoms with Crippen LogP contribution in [0, 0.1) is 13.8 Å². The molecule has 186 valence electrons. The first kappa shape index (κ1) is 27.4. The number of benzene rings is 2. The lowest BCUT2D eigenvalue weighted by molar-refractivity contribution is -0.139. The zero-order valence-corrected chi connectivity index (χ0v) is 21.9. The van der Waals surface area contributed by atoms with Crippen molar-refractivity contribution < 1.29 is 18.0 Å². The van der Waals surface area contributed by atoms with Gasteiger partial charge in [0.25, 0.3) is 0 Å². The number of sulfonamides is 1. The molecule has 0 fully saturated rings. The van der Waals surface area contributed by atoms with Crippen LogP contribution in [0.25, 0.3) is 0 Å². The SMILES string of the molecule is CCC(C(=O)NC(C)C)N(CCc1ccccc1)C(=O)CN(c1cc(C)ccc1C)S(C)(=O)=O. The Morgan fingerprint density at radius 1 is 1.03 bits per heavy atom. The molecule has 0 saturated carbocycles. The molecule has 0 heterocycles. The fourth-order valence-corrected chi connectivity index (χ4v) is 4.76. The molecule has 2 aromatic carbocycles. The number of carbonyl (C=O) groups is 2. The monoisotopic (exact) mass is 487 g/mol. The average Bonchev–Trinajstić information content (AvgIpc) is 2.76. The molecule has 1 atom stereocenters. The number of anilines is 1. The summed E-state index contributed by atoms with van der Waals surface area (Å²) in [6.07, 6.45) is 2.07. The van der Waals surface area contributed by atoms with Crippen molar-refractivity contribution in [2.45, 2.75) is 59.5 Å². The topological polar surface area (TPSA) is 86.8 Å². The smallest absolute Gasteiger partial charge is 0.244 e. The second-order valence-corrected chi connectivity index (χ2v) is 10.9. The van der Waals surface area contributed by atoms with Gasteiger partial charge in [0.2, 0.25) is 21.8 Å². The predicted octanol–water partition coefficient (Wildman–Crippen LogP) is 3.44. The number of hydrogen-bond donors (Lipinski definition) is 1. The van der Waals surface area contributed by atoms with E-state index in [2.05, 4.69) is 5.32 Å². The highest BCUT2D eigenvalue weighted by Crippen LogP contribution is 2.24. The summed E-state index contributed by atoms with van der Waals surface area (Å²) < 4.78 is 26.6. The van der Waals surface area contributed by atoms with Crippen LogP contribution in [0.15, 0.2) is 48.5 Å². The van der Waals surface area contributed by atoms with E-state index in [9.17, 15) is 18.0 Å². The molecule has 2 aromatic rings. The second kappa shape index (κ2) is 12.0. The molecule has 0 aliphatic rings. The van der Waals surface area contributed by atoms with E-state index in [-0.39, 0.29) is 18.5 Å². The lowest BCUT2D eigenvalue weighted by Crippen LogP contribution is -2.54. The Morgan fingerprint density at radius 3 is 2.24 bits per heavy atom. The molecule has 2 rings (SSSR count). The molecule has 34 heavy (non-hydrogen) atoms. The zero-order valence-electron chi connectivity index (χ0n) is 21.0. The fourth-order valence-electron chi connectivity index (χ4n) is 3.86. The van der Waals surface area contributed by atoms with Crippen molar-refractivity contribution in [3.8, 4) is 0 Å². The van der Waals surface area contributed by atoms with Crippen LogP contribution in [0.3, 0.4) is 0 Å². The van der Waals surface area contributed by atoms with E-state index in [0.29, 0.717) is 25.1 Å². The maximum atomic E-state index is 13.6. The quantitative estimate of drug-likeness (QED) is 0.526. The van der Waals surface area contributed by atoms with E-state index in [0.717, 1.165) is 27.3 Å². The van der Waals surface area contributed by atoms with E-state index in [4.69, 9.17) is 0 Å². The van der Waals surface area contributed by atoms with Gasteiger partial charge in [-0.3, -0.25) is 13.9 Å². The molecule has 2 amide bonds. The maximum absolute atomic E-state index is 13.6. The van der Waals surface area contributed by atoms with Crippen molar-refractivity contribution >= 4 is 27.5 Å². The van der Waals surface area contributed by atoms with Gasteiger partial charge in [0.1, 0.15) is 12.6 Å². The van der Waals surface area contributed by atoms with Gasteiger partial charge < -0.3 is 10.2 Å². The van der Waals surface area contributed by atoms with Crippen LogP contribution in [0.4, 0.5) is 5.69 Å². The van der Waals surface area contributed by atoms with Gasteiger partial charge in [0.05, 0.1) is 11.9 Å². The highest BCUT2D eigenvalue weighted by molar-refractivity contribution is 7.92. The number of aryl methyl sites for hydroxylation is 2. The largest absolute Gasteiger partial charge is 0.352 e. The lowest BCUT2D eigenvalue weighted by Gasteiger charge is -2.33. The second-order valence-electron chi connectivity index (χ2n) is 8.97. The van der Waals surface area contributed by atoms with E-state index in [1.54, 1.807) is 6.07 Å². The molecule has 0 aliphatic heterocycles. The third kappa shape index (κ3) is 7.58. The number of nitrogens with zero attached hydrogens (tertiary/aromatic N) is 2. The fraction of sp³-hybridized carbons (Fsp3) is 0.462. The number of nitrogens with one attached hydrogen (secondary N) is 1. The van der Waals surface area contributed by atoms with Crippen LogP contribution < -0.4 is 9.62 Å². The summed E-state index contributed by atoms with van der Waals surface area (Å²) in [5.74, 6) is -0.649. The van der Waals surface area contributed by atoms with Crippen molar-refractivity contribution in [1.29, 1.82) is 0 Å². The van der Waals surface area contributed by atoms with E-state index in [1.807, 2.05) is 77.1 Å². The average molecular weight is 488 g/mol. The van der Waals surface area contributed by atoms with Crippen LogP contribution in [0.1, 0.15) is 43.9 Å². The van der Waals surface area contributed by atoms with Crippen LogP contribution in [-0.4, -0.2) is 56.6 Å². The van der Waals surface area contributed by atoms with Gasteiger partial charge in [-0.2, -0.15) is 0 Å². The summed E-state index contributed by atoms with van der Waals surface area (Å²) in [7, 11) is -3.74. The molecular weight excluding hydrogens is 450 g/mol. The Kier molecular flexibility index (Phi) is 9.67. The van der Waals surface area contributed by atoms with Gasteiger partial charge in [0, 0.05) is 12.6 Å². The van der Waals surface area contributed by atoms with E-state index < -0.39 is 22.0 Å². The third-order valence-corrected chi connectivity index (χ3v) is 6.74. The van der Waals surface area contributed by atoms with Crippen LogP contribution in [-0.2, 0) is 26.0 Å². The van der Waals surface area contributed by atoms with Crippen molar-refractivity contribution in [3.05, 3.63) is 65.2 Å². The normalized spacial score (nSPS) is 12.3. The minimum absolute atomic E-state index is 0.0740. The first-order chi connectivity index (χ1) is 15.9. The molecule has 1 unspecified atom stereocenters. The number of carbonyl (C=O) groups excluding carboxylic acids is 2. The molecule has 8 heteroatoms. The Balaban J connectivity index is 2.40. The lowest BCUT2D eigenvalue weighted by atomic mass is 10.1. The third-order valence-electron chi connectivity index (χ3n) is 5.61. The van der Waals surface area contributed by atoms with Gasteiger partial charge in [-0.15, -0.1) is 0 Å². The molecule has 1 N–H and O–H groups in total. The van der Waals surface area contributed by atoms with Gasteiger partial charge in [0.15, 0.2) is 0 Å². The standard InChI is InChI=1S/C26H37N3O4S/c1-7-23(26(31)27-19(2)3)28(16-15-22-11-9-8-10-12-22)25(30)18-29(34(6,32)33)24-17-20(4)13-14-21(24)5/h8-14,17,19,23H,7,15-16,18H2,1-6H3,(H,27,31). The van der Waals surface area contributed by atoms with Crippen LogP contribution >= 0.6 is 0 Å². The predicted molar refractivity (Wildman–Crippen MR) is 137 cm³/mol.